The lowest BCUT2D eigenvalue weighted by Gasteiger charge is -2.35. The van der Waals surface area contributed by atoms with Crippen LogP contribution in [0.2, 0.25) is 0 Å². The minimum absolute atomic E-state index is 0.0648. The molecule has 0 radical (unpaired) electrons. The molecule has 0 bridgehead atoms. The summed E-state index contributed by atoms with van der Waals surface area (Å²) in [4.78, 5) is 43.4. The van der Waals surface area contributed by atoms with Crippen molar-refractivity contribution in [1.29, 1.82) is 0 Å². The average molecular weight is 629 g/mol. The molecule has 0 unspecified atom stereocenters. The molecule has 0 spiro atoms. The number of nitrogens with zero attached hydrogens (tertiary/aromatic N) is 5. The standard InChI is InChI=1S/C28H36N8O5S2/c1-4-15-43(39,40)34-20-10-8-19(9-11-20)16-35-13-6-7-21-24(35)31-27(32-25(21)36-14-12-29-22(37)17-36)33-28-30-18(3)23(42-28)26(38)41-5-2/h8-11,34H,4-7,12-17H2,1-3H3,(H,29,37)(H,30,31,32,33). The SMILES string of the molecule is CCCS(=O)(=O)Nc1ccc(CN2CCCc3c(N4CCNC(=O)C4)nc(Nc4nc(C)c(C(=O)OCC)s4)nc32)cc1. The first-order valence-electron chi connectivity index (χ1n) is 14.3. The molecule has 15 heteroatoms. The summed E-state index contributed by atoms with van der Waals surface area (Å²) in [6.07, 6.45) is 2.19. The van der Waals surface area contributed by atoms with E-state index >= 15 is 0 Å². The molecule has 2 aliphatic heterocycles. The third-order valence-electron chi connectivity index (χ3n) is 7.01. The Labute approximate surface area is 255 Å². The lowest BCUT2D eigenvalue weighted by molar-refractivity contribution is -0.120. The Bertz CT molecular complexity index is 1590. The smallest absolute Gasteiger partial charge is 0.350 e. The van der Waals surface area contributed by atoms with Gasteiger partial charge in [-0.1, -0.05) is 30.4 Å². The Balaban J connectivity index is 1.45. The molecule has 3 aromatic rings. The zero-order valence-electron chi connectivity index (χ0n) is 24.5. The molecule has 5 rings (SSSR count). The molecule has 2 aromatic heterocycles. The Morgan fingerprint density at radius 1 is 1.12 bits per heavy atom. The van der Waals surface area contributed by atoms with Crippen molar-refractivity contribution >= 4 is 61.6 Å². The predicted octanol–water partition coefficient (Wildman–Crippen LogP) is 3.20. The van der Waals surface area contributed by atoms with Crippen LogP contribution in [0.15, 0.2) is 24.3 Å². The minimum Gasteiger partial charge on any atom is -0.462 e. The average Bonchev–Trinajstić information content (AvgIpc) is 3.33. The summed E-state index contributed by atoms with van der Waals surface area (Å²) < 4.78 is 32.1. The Morgan fingerprint density at radius 3 is 2.60 bits per heavy atom. The Morgan fingerprint density at radius 2 is 1.88 bits per heavy atom. The maximum absolute atomic E-state index is 12.4. The van der Waals surface area contributed by atoms with Gasteiger partial charge >= 0.3 is 5.97 Å². The van der Waals surface area contributed by atoms with Gasteiger partial charge in [0.25, 0.3) is 0 Å². The highest BCUT2D eigenvalue weighted by atomic mass is 32.2. The predicted molar refractivity (Wildman–Crippen MR) is 167 cm³/mol. The molecular weight excluding hydrogens is 592 g/mol. The van der Waals surface area contributed by atoms with E-state index < -0.39 is 16.0 Å². The molecule has 0 saturated carbocycles. The molecule has 13 nitrogen and oxygen atoms in total. The van der Waals surface area contributed by atoms with Crippen LogP contribution in [-0.4, -0.2) is 73.8 Å². The van der Waals surface area contributed by atoms with Gasteiger partial charge in [0, 0.05) is 37.4 Å². The number of aryl methyl sites for hydroxylation is 1. The van der Waals surface area contributed by atoms with Gasteiger partial charge in [-0.25, -0.2) is 18.2 Å². The van der Waals surface area contributed by atoms with E-state index in [2.05, 4.69) is 25.2 Å². The van der Waals surface area contributed by atoms with Crippen LogP contribution in [0.4, 0.5) is 28.4 Å². The fourth-order valence-electron chi connectivity index (χ4n) is 5.12. The molecule has 4 heterocycles. The molecular formula is C28H36N8O5S2. The van der Waals surface area contributed by atoms with E-state index in [0.717, 1.165) is 36.3 Å². The molecule has 230 valence electrons. The lowest BCUT2D eigenvalue weighted by atomic mass is 10.0. The van der Waals surface area contributed by atoms with E-state index in [-0.39, 0.29) is 24.8 Å². The highest BCUT2D eigenvalue weighted by molar-refractivity contribution is 7.92. The number of anilines is 5. The van der Waals surface area contributed by atoms with Crippen molar-refractivity contribution in [1.82, 2.24) is 20.3 Å². The number of amides is 1. The number of carbonyl (C=O) groups is 2. The molecule has 3 N–H and O–H groups in total. The van der Waals surface area contributed by atoms with E-state index in [1.807, 2.05) is 24.0 Å². The van der Waals surface area contributed by atoms with Crippen LogP contribution < -0.4 is 25.2 Å². The van der Waals surface area contributed by atoms with E-state index in [0.29, 0.717) is 59.2 Å². The van der Waals surface area contributed by atoms with Crippen LogP contribution >= 0.6 is 11.3 Å². The zero-order chi connectivity index (χ0) is 30.6. The molecule has 1 saturated heterocycles. The third kappa shape index (κ3) is 7.33. The summed E-state index contributed by atoms with van der Waals surface area (Å²) in [5.41, 5.74) is 3.04. The van der Waals surface area contributed by atoms with E-state index in [1.54, 1.807) is 26.0 Å². The normalized spacial score (nSPS) is 15.1. The first kappa shape index (κ1) is 30.5. The zero-order valence-corrected chi connectivity index (χ0v) is 26.1. The van der Waals surface area contributed by atoms with Gasteiger partial charge < -0.3 is 19.9 Å². The number of rotatable bonds is 11. The maximum Gasteiger partial charge on any atom is 0.350 e. The quantitative estimate of drug-likeness (QED) is 0.268. The van der Waals surface area contributed by atoms with Crippen LogP contribution in [0.25, 0.3) is 0 Å². The van der Waals surface area contributed by atoms with Crippen LogP contribution in [0.3, 0.4) is 0 Å². The minimum atomic E-state index is -3.37. The number of thiazole rings is 1. The topological polar surface area (TPSA) is 159 Å². The number of nitrogens with one attached hydrogen (secondary N) is 3. The molecule has 1 aromatic carbocycles. The van der Waals surface area contributed by atoms with Crippen molar-refractivity contribution in [2.75, 3.05) is 58.4 Å². The summed E-state index contributed by atoms with van der Waals surface area (Å²) in [6.45, 7) is 8.25. The number of esters is 1. The number of fused-ring (bicyclic) bond motifs is 1. The second-order valence-corrected chi connectivity index (χ2v) is 13.2. The van der Waals surface area contributed by atoms with Crippen molar-refractivity contribution < 1.29 is 22.7 Å². The van der Waals surface area contributed by atoms with Crippen LogP contribution in [0.5, 0.6) is 0 Å². The van der Waals surface area contributed by atoms with Crippen molar-refractivity contribution in [3.05, 3.63) is 46.0 Å². The van der Waals surface area contributed by atoms with Gasteiger partial charge in [-0.3, -0.25) is 14.8 Å². The molecule has 43 heavy (non-hydrogen) atoms. The summed E-state index contributed by atoms with van der Waals surface area (Å²) in [6, 6.07) is 7.35. The van der Waals surface area contributed by atoms with E-state index in [9.17, 15) is 18.0 Å². The highest BCUT2D eigenvalue weighted by Crippen LogP contribution is 2.36. The fourth-order valence-corrected chi connectivity index (χ4v) is 7.11. The van der Waals surface area contributed by atoms with Crippen LogP contribution in [0, 0.1) is 6.92 Å². The van der Waals surface area contributed by atoms with Gasteiger partial charge in [-0.05, 0) is 50.8 Å². The highest BCUT2D eigenvalue weighted by Gasteiger charge is 2.29. The molecule has 1 fully saturated rings. The summed E-state index contributed by atoms with van der Waals surface area (Å²) >= 11 is 1.18. The van der Waals surface area contributed by atoms with E-state index in [4.69, 9.17) is 14.7 Å². The molecule has 1 amide bonds. The number of carbonyl (C=O) groups excluding carboxylic acids is 2. The van der Waals surface area contributed by atoms with Gasteiger partial charge in [0.05, 0.1) is 24.6 Å². The van der Waals surface area contributed by atoms with Gasteiger partial charge in [-0.15, -0.1) is 0 Å². The fraction of sp³-hybridized carbons (Fsp3) is 0.464. The Kier molecular flexibility index (Phi) is 9.30. The number of aromatic nitrogens is 3. The second-order valence-electron chi connectivity index (χ2n) is 10.4. The van der Waals surface area contributed by atoms with Crippen molar-refractivity contribution in [2.24, 2.45) is 0 Å². The van der Waals surface area contributed by atoms with Crippen LogP contribution in [-0.2, 0) is 32.5 Å². The number of benzene rings is 1. The Hall–Kier alpha value is -3.98. The number of hydrogen-bond acceptors (Lipinski definition) is 12. The van der Waals surface area contributed by atoms with Crippen molar-refractivity contribution in [3.8, 4) is 0 Å². The number of hydrogen-bond donors (Lipinski definition) is 3. The van der Waals surface area contributed by atoms with E-state index in [1.165, 1.54) is 11.3 Å². The van der Waals surface area contributed by atoms with Gasteiger partial charge in [-0.2, -0.15) is 9.97 Å². The van der Waals surface area contributed by atoms with Gasteiger partial charge in [0.1, 0.15) is 16.5 Å². The van der Waals surface area contributed by atoms with Gasteiger partial charge in [0.2, 0.25) is 21.9 Å². The van der Waals surface area contributed by atoms with Crippen LogP contribution in [0.1, 0.15) is 53.2 Å². The first-order valence-corrected chi connectivity index (χ1v) is 16.8. The second kappa shape index (κ2) is 13.1. The monoisotopic (exact) mass is 628 g/mol. The first-order chi connectivity index (χ1) is 20.7. The maximum atomic E-state index is 12.4. The van der Waals surface area contributed by atoms with Crippen molar-refractivity contribution in [3.63, 3.8) is 0 Å². The summed E-state index contributed by atoms with van der Waals surface area (Å²) in [7, 11) is -3.37. The largest absolute Gasteiger partial charge is 0.462 e. The molecule has 0 aliphatic carbocycles. The summed E-state index contributed by atoms with van der Waals surface area (Å²) in [5, 5.41) is 6.52. The summed E-state index contributed by atoms with van der Waals surface area (Å²) in [5.74, 6) is 1.36. The third-order valence-corrected chi connectivity index (χ3v) is 9.55. The van der Waals surface area contributed by atoms with Gasteiger partial charge in [0.15, 0.2) is 5.13 Å². The number of sulfonamides is 1. The molecule has 0 atom stereocenters. The van der Waals surface area contributed by atoms with Crippen molar-refractivity contribution in [2.45, 2.75) is 46.6 Å². The molecule has 2 aliphatic rings. The number of ether oxygens (including phenoxy) is 1. The number of piperazine rings is 1. The lowest BCUT2D eigenvalue weighted by Crippen LogP contribution is -2.48.